The second-order valence-corrected chi connectivity index (χ2v) is 4.59. The predicted octanol–water partition coefficient (Wildman–Crippen LogP) is 1.83. The average molecular weight is 238 g/mol. The maximum Gasteiger partial charge on any atom is 0.224 e. The van der Waals surface area contributed by atoms with Crippen molar-refractivity contribution in [1.29, 1.82) is 0 Å². The van der Waals surface area contributed by atoms with Gasteiger partial charge in [0.25, 0.3) is 0 Å². The van der Waals surface area contributed by atoms with Crippen molar-refractivity contribution in [2.24, 2.45) is 0 Å². The molecule has 0 amide bonds. The molecule has 1 rings (SSSR count). The van der Waals surface area contributed by atoms with E-state index in [1.165, 1.54) is 0 Å². The Hall–Kier alpha value is -1.10. The number of benzene rings is 1. The largest absolute Gasteiger partial charge is 0.549 e. The van der Waals surface area contributed by atoms with Crippen LogP contribution in [0.2, 0.25) is 6.04 Å². The van der Waals surface area contributed by atoms with Crippen molar-refractivity contribution >= 4 is 15.8 Å². The molecule has 3 nitrogen and oxygen atoms in total. The van der Waals surface area contributed by atoms with Crippen molar-refractivity contribution < 1.29 is 13.9 Å². The summed E-state index contributed by atoms with van der Waals surface area (Å²) in [6.45, 7) is 3.72. The molecule has 0 bridgehead atoms. The van der Waals surface area contributed by atoms with Crippen LogP contribution in [0.5, 0.6) is 5.75 Å². The first-order valence-electron chi connectivity index (χ1n) is 5.21. The molecular formula is C12H18O3Si. The van der Waals surface area contributed by atoms with Gasteiger partial charge in [-0.3, -0.25) is 0 Å². The van der Waals surface area contributed by atoms with Crippen LogP contribution in [0.25, 0.3) is 6.08 Å². The molecule has 0 unspecified atom stereocenters. The van der Waals surface area contributed by atoms with E-state index >= 15 is 0 Å². The molecule has 16 heavy (non-hydrogen) atoms. The van der Waals surface area contributed by atoms with Gasteiger partial charge in [-0.05, 0) is 17.7 Å². The van der Waals surface area contributed by atoms with Gasteiger partial charge in [-0.25, -0.2) is 0 Å². The lowest BCUT2D eigenvalue weighted by atomic mass is 10.2. The first-order valence-corrected chi connectivity index (χ1v) is 6.78. The summed E-state index contributed by atoms with van der Waals surface area (Å²) in [5, 5.41) is 0. The van der Waals surface area contributed by atoms with Crippen LogP contribution in [0.3, 0.4) is 0 Å². The summed E-state index contributed by atoms with van der Waals surface area (Å²) in [5.74, 6) is 0.898. The molecule has 0 saturated carbocycles. The predicted molar refractivity (Wildman–Crippen MR) is 68.3 cm³/mol. The minimum atomic E-state index is -0.664. The fraction of sp³-hybridized carbons (Fsp3) is 0.333. The molecule has 0 N–H and O–H groups in total. The van der Waals surface area contributed by atoms with Crippen molar-refractivity contribution in [3.63, 3.8) is 0 Å². The molecule has 0 atom stereocenters. The Morgan fingerprint density at radius 3 is 2.75 bits per heavy atom. The van der Waals surface area contributed by atoms with Crippen molar-refractivity contribution in [3.05, 3.63) is 36.4 Å². The van der Waals surface area contributed by atoms with Crippen molar-refractivity contribution in [2.75, 3.05) is 14.2 Å². The Kier molecular flexibility index (Phi) is 5.85. The SMILES string of the molecule is C=Cc1cccc(O[SiH2]CC(OC)OC)c1. The van der Waals surface area contributed by atoms with E-state index in [0.717, 1.165) is 17.4 Å². The third-order valence-electron chi connectivity index (χ3n) is 2.24. The minimum Gasteiger partial charge on any atom is -0.549 e. The molecule has 0 heterocycles. The highest BCUT2D eigenvalue weighted by Gasteiger charge is 2.05. The highest BCUT2D eigenvalue weighted by Crippen LogP contribution is 2.14. The van der Waals surface area contributed by atoms with Gasteiger partial charge in [0, 0.05) is 20.3 Å². The number of hydrogen-bond acceptors (Lipinski definition) is 3. The van der Waals surface area contributed by atoms with Crippen LogP contribution in [0.15, 0.2) is 30.8 Å². The molecule has 0 spiro atoms. The van der Waals surface area contributed by atoms with Gasteiger partial charge in [-0.15, -0.1) is 0 Å². The van der Waals surface area contributed by atoms with Crippen LogP contribution in [0.1, 0.15) is 5.56 Å². The van der Waals surface area contributed by atoms with Gasteiger partial charge in [0.05, 0.1) is 0 Å². The Bertz CT molecular complexity index is 324. The summed E-state index contributed by atoms with van der Waals surface area (Å²) in [6.07, 6.45) is 1.66. The fourth-order valence-electron chi connectivity index (χ4n) is 1.34. The van der Waals surface area contributed by atoms with Crippen molar-refractivity contribution in [1.82, 2.24) is 0 Å². The minimum absolute atomic E-state index is 0.144. The molecule has 0 radical (unpaired) electrons. The highest BCUT2D eigenvalue weighted by molar-refractivity contribution is 6.28. The smallest absolute Gasteiger partial charge is 0.224 e. The summed E-state index contributed by atoms with van der Waals surface area (Å²) in [4.78, 5) is 0. The van der Waals surface area contributed by atoms with E-state index in [2.05, 4.69) is 6.58 Å². The molecule has 1 aromatic carbocycles. The molecule has 0 aromatic heterocycles. The molecule has 0 aliphatic heterocycles. The highest BCUT2D eigenvalue weighted by atomic mass is 28.2. The van der Waals surface area contributed by atoms with E-state index in [1.807, 2.05) is 30.3 Å². The number of rotatable bonds is 7. The summed E-state index contributed by atoms with van der Waals surface area (Å²) < 4.78 is 15.9. The molecule has 0 aliphatic rings. The third-order valence-corrected chi connectivity index (χ3v) is 3.49. The van der Waals surface area contributed by atoms with Crippen LogP contribution >= 0.6 is 0 Å². The topological polar surface area (TPSA) is 27.7 Å². The summed E-state index contributed by atoms with van der Waals surface area (Å²) >= 11 is 0. The van der Waals surface area contributed by atoms with Crippen LogP contribution < -0.4 is 4.43 Å². The second kappa shape index (κ2) is 7.22. The van der Waals surface area contributed by atoms with Gasteiger partial charge in [-0.1, -0.05) is 24.8 Å². The molecule has 1 aromatic rings. The standard InChI is InChI=1S/C12H18O3Si/c1-4-10-6-5-7-11(8-10)15-16-9-12(13-2)14-3/h4-8,12H,1,9,16H2,2-3H3. The first-order chi connectivity index (χ1) is 7.80. The lowest BCUT2D eigenvalue weighted by Crippen LogP contribution is -2.17. The normalized spacial score (nSPS) is 11.2. The van der Waals surface area contributed by atoms with E-state index in [1.54, 1.807) is 14.2 Å². The summed E-state index contributed by atoms with van der Waals surface area (Å²) in [6, 6.07) is 8.73. The van der Waals surface area contributed by atoms with E-state index in [9.17, 15) is 0 Å². The Morgan fingerprint density at radius 2 is 2.12 bits per heavy atom. The molecule has 0 aliphatic carbocycles. The van der Waals surface area contributed by atoms with Crippen LogP contribution in [0.4, 0.5) is 0 Å². The van der Waals surface area contributed by atoms with Gasteiger partial charge >= 0.3 is 0 Å². The second-order valence-electron chi connectivity index (χ2n) is 3.31. The van der Waals surface area contributed by atoms with Gasteiger partial charge in [0.1, 0.15) is 5.75 Å². The summed E-state index contributed by atoms with van der Waals surface area (Å²) in [7, 11) is 2.62. The zero-order chi connectivity index (χ0) is 11.8. The Labute approximate surface area is 99.0 Å². The monoisotopic (exact) mass is 238 g/mol. The van der Waals surface area contributed by atoms with E-state index in [0.29, 0.717) is 0 Å². The van der Waals surface area contributed by atoms with Crippen LogP contribution in [-0.2, 0) is 9.47 Å². The fourth-order valence-corrected chi connectivity index (χ4v) is 2.53. The molecule has 0 saturated heterocycles. The van der Waals surface area contributed by atoms with E-state index < -0.39 is 9.76 Å². The number of ether oxygens (including phenoxy) is 2. The summed E-state index contributed by atoms with van der Waals surface area (Å²) in [5.41, 5.74) is 1.07. The molecule has 88 valence electrons. The first kappa shape index (κ1) is 13.0. The quantitative estimate of drug-likeness (QED) is 0.536. The van der Waals surface area contributed by atoms with Gasteiger partial charge in [-0.2, -0.15) is 0 Å². The van der Waals surface area contributed by atoms with E-state index in [4.69, 9.17) is 13.9 Å². The Balaban J connectivity index is 2.39. The number of methoxy groups -OCH3 is 2. The van der Waals surface area contributed by atoms with Gasteiger partial charge < -0.3 is 13.9 Å². The average Bonchev–Trinajstić information content (AvgIpc) is 2.35. The van der Waals surface area contributed by atoms with Crippen molar-refractivity contribution in [3.8, 4) is 5.75 Å². The van der Waals surface area contributed by atoms with E-state index in [-0.39, 0.29) is 6.29 Å². The third kappa shape index (κ3) is 4.18. The van der Waals surface area contributed by atoms with Crippen LogP contribution in [-0.4, -0.2) is 30.3 Å². The van der Waals surface area contributed by atoms with Crippen LogP contribution in [0, 0.1) is 0 Å². The lowest BCUT2D eigenvalue weighted by Gasteiger charge is -2.13. The van der Waals surface area contributed by atoms with Gasteiger partial charge in [0.2, 0.25) is 9.76 Å². The number of hydrogen-bond donors (Lipinski definition) is 0. The van der Waals surface area contributed by atoms with Gasteiger partial charge in [0.15, 0.2) is 6.29 Å². The molecular weight excluding hydrogens is 220 g/mol. The molecule has 4 heteroatoms. The maximum atomic E-state index is 5.71. The lowest BCUT2D eigenvalue weighted by molar-refractivity contribution is -0.0883. The maximum absolute atomic E-state index is 5.71. The van der Waals surface area contributed by atoms with Crippen molar-refractivity contribution in [2.45, 2.75) is 12.3 Å². The zero-order valence-corrected chi connectivity index (χ0v) is 11.2. The zero-order valence-electron chi connectivity index (χ0n) is 9.81. The molecule has 0 fully saturated rings. The Morgan fingerprint density at radius 1 is 1.38 bits per heavy atom.